The number of rotatable bonds is 2. The lowest BCUT2D eigenvalue weighted by Crippen LogP contribution is -2.30. The molecule has 1 unspecified atom stereocenters. The van der Waals surface area contributed by atoms with Crippen molar-refractivity contribution in [2.45, 2.75) is 27.0 Å². The van der Waals surface area contributed by atoms with Gasteiger partial charge in [-0.05, 0) is 11.8 Å². The molecule has 2 atom stereocenters. The first-order valence-electron chi connectivity index (χ1n) is 2.99. The maximum Gasteiger partial charge on any atom is 0.105 e. The van der Waals surface area contributed by atoms with Gasteiger partial charge in [-0.1, -0.05) is 20.8 Å². The van der Waals surface area contributed by atoms with Crippen LogP contribution in [0.4, 0.5) is 0 Å². The lowest BCUT2D eigenvalue weighted by molar-refractivity contribution is 0.0980. The summed E-state index contributed by atoms with van der Waals surface area (Å²) in [6.45, 7) is 6.02. The van der Waals surface area contributed by atoms with Gasteiger partial charge >= 0.3 is 0 Å². The van der Waals surface area contributed by atoms with Gasteiger partial charge in [0, 0.05) is 0 Å². The van der Waals surface area contributed by atoms with E-state index < -0.39 is 6.23 Å². The van der Waals surface area contributed by atoms with Gasteiger partial charge in [0.05, 0.1) is 0 Å². The maximum atomic E-state index is 8.77. The molecule has 0 amide bonds. The minimum Gasteiger partial charge on any atom is -0.379 e. The van der Waals surface area contributed by atoms with Crippen molar-refractivity contribution in [2.24, 2.45) is 17.6 Å². The van der Waals surface area contributed by atoms with E-state index in [2.05, 4.69) is 0 Å². The summed E-state index contributed by atoms with van der Waals surface area (Å²) in [7, 11) is 0. The van der Waals surface area contributed by atoms with Crippen LogP contribution in [-0.2, 0) is 0 Å². The zero-order valence-electron chi connectivity index (χ0n) is 5.76. The summed E-state index contributed by atoms with van der Waals surface area (Å²) in [6.07, 6.45) is -0.657. The topological polar surface area (TPSA) is 46.2 Å². The Morgan fingerprint density at radius 3 is 1.62 bits per heavy atom. The van der Waals surface area contributed by atoms with Crippen LogP contribution in [0.25, 0.3) is 0 Å². The van der Waals surface area contributed by atoms with Gasteiger partial charge in [-0.2, -0.15) is 0 Å². The fourth-order valence-electron chi connectivity index (χ4n) is 0.394. The second-order valence-electron chi connectivity index (χ2n) is 2.59. The number of hydrogen-bond acceptors (Lipinski definition) is 2. The van der Waals surface area contributed by atoms with Crippen molar-refractivity contribution in [3.8, 4) is 0 Å². The van der Waals surface area contributed by atoms with Crippen molar-refractivity contribution in [1.29, 1.82) is 0 Å². The van der Waals surface area contributed by atoms with E-state index in [0.717, 1.165) is 0 Å². The third-order valence-corrected chi connectivity index (χ3v) is 1.59. The molecule has 0 aliphatic heterocycles. The molecule has 0 radical (unpaired) electrons. The molecule has 0 aromatic carbocycles. The van der Waals surface area contributed by atoms with Crippen molar-refractivity contribution in [3.05, 3.63) is 0 Å². The van der Waals surface area contributed by atoms with Crippen LogP contribution in [-0.4, -0.2) is 11.3 Å². The van der Waals surface area contributed by atoms with Crippen molar-refractivity contribution < 1.29 is 5.11 Å². The molecule has 8 heavy (non-hydrogen) atoms. The Kier molecular flexibility index (Phi) is 3.02. The normalized spacial score (nSPS) is 18.8. The molecule has 2 heteroatoms. The highest BCUT2D eigenvalue weighted by molar-refractivity contribution is 4.60. The van der Waals surface area contributed by atoms with Crippen LogP contribution in [0.5, 0.6) is 0 Å². The highest BCUT2D eigenvalue weighted by Gasteiger charge is 2.11. The van der Waals surface area contributed by atoms with E-state index in [1.807, 2.05) is 20.8 Å². The molecular weight excluding hydrogens is 102 g/mol. The van der Waals surface area contributed by atoms with E-state index in [9.17, 15) is 0 Å². The van der Waals surface area contributed by atoms with E-state index in [0.29, 0.717) is 5.92 Å². The first-order chi connectivity index (χ1) is 3.55. The molecule has 0 bridgehead atoms. The Morgan fingerprint density at radius 2 is 1.62 bits per heavy atom. The summed E-state index contributed by atoms with van der Waals surface area (Å²) in [5.74, 6) is 0.671. The minimum atomic E-state index is -0.657. The molecule has 0 fully saturated rings. The van der Waals surface area contributed by atoms with Gasteiger partial charge in [0.2, 0.25) is 0 Å². The summed E-state index contributed by atoms with van der Waals surface area (Å²) in [5.41, 5.74) is 5.19. The second-order valence-corrected chi connectivity index (χ2v) is 2.59. The fraction of sp³-hybridized carbons (Fsp3) is 1.00. The number of aliphatic hydroxyl groups is 1. The predicted molar refractivity (Wildman–Crippen MR) is 34.2 cm³/mol. The standard InChI is InChI=1S/C6H15NO/c1-4(2)5(3)6(7)8/h4-6,8H,7H2,1-3H3/t5?,6-/m1/s1. The molecule has 0 saturated heterocycles. The second kappa shape index (κ2) is 3.05. The molecule has 0 saturated carbocycles. The van der Waals surface area contributed by atoms with Crippen LogP contribution in [0.15, 0.2) is 0 Å². The third kappa shape index (κ3) is 2.28. The Morgan fingerprint density at radius 1 is 1.25 bits per heavy atom. The molecular formula is C6H15NO. The average molecular weight is 117 g/mol. The Labute approximate surface area is 50.7 Å². The van der Waals surface area contributed by atoms with Gasteiger partial charge in [0.25, 0.3) is 0 Å². The Bertz CT molecular complexity index is 53.5. The zero-order chi connectivity index (χ0) is 6.73. The van der Waals surface area contributed by atoms with Crippen LogP contribution in [0, 0.1) is 11.8 Å². The van der Waals surface area contributed by atoms with Gasteiger partial charge < -0.3 is 10.8 Å². The Hall–Kier alpha value is -0.0800. The SMILES string of the molecule is CC(C)C(C)[C@H](N)O. The van der Waals surface area contributed by atoms with Crippen LogP contribution < -0.4 is 5.73 Å². The lowest BCUT2D eigenvalue weighted by atomic mass is 9.97. The zero-order valence-corrected chi connectivity index (χ0v) is 5.76. The summed E-state index contributed by atoms with van der Waals surface area (Å²) in [5, 5.41) is 8.77. The van der Waals surface area contributed by atoms with E-state index in [4.69, 9.17) is 10.8 Å². The van der Waals surface area contributed by atoms with Crippen molar-refractivity contribution in [3.63, 3.8) is 0 Å². The van der Waals surface area contributed by atoms with E-state index in [-0.39, 0.29) is 5.92 Å². The summed E-state index contributed by atoms with van der Waals surface area (Å²) in [6, 6.07) is 0. The first kappa shape index (κ1) is 7.92. The predicted octanol–water partition coefficient (Wildman–Crippen LogP) is 0.556. The molecule has 0 aromatic rings. The van der Waals surface area contributed by atoms with Gasteiger partial charge in [-0.25, -0.2) is 0 Å². The largest absolute Gasteiger partial charge is 0.379 e. The molecule has 0 heterocycles. The number of nitrogens with two attached hydrogens (primary N) is 1. The van der Waals surface area contributed by atoms with Crippen molar-refractivity contribution in [1.82, 2.24) is 0 Å². The maximum absolute atomic E-state index is 8.77. The highest BCUT2D eigenvalue weighted by atomic mass is 16.3. The van der Waals surface area contributed by atoms with Crippen LogP contribution >= 0.6 is 0 Å². The third-order valence-electron chi connectivity index (χ3n) is 1.59. The number of aliphatic hydroxyl groups excluding tert-OH is 1. The van der Waals surface area contributed by atoms with Gasteiger partial charge in [-0.15, -0.1) is 0 Å². The van der Waals surface area contributed by atoms with Gasteiger partial charge in [-0.3, -0.25) is 0 Å². The van der Waals surface area contributed by atoms with Crippen molar-refractivity contribution in [2.75, 3.05) is 0 Å². The molecule has 3 N–H and O–H groups in total. The Balaban J connectivity index is 3.46. The van der Waals surface area contributed by atoms with Gasteiger partial charge in [0.15, 0.2) is 0 Å². The average Bonchev–Trinajstić information content (AvgIpc) is 1.64. The molecule has 2 nitrogen and oxygen atoms in total. The number of hydrogen-bond donors (Lipinski definition) is 2. The lowest BCUT2D eigenvalue weighted by Gasteiger charge is -2.17. The van der Waals surface area contributed by atoms with Crippen LogP contribution in [0.2, 0.25) is 0 Å². The molecule has 50 valence electrons. The summed E-state index contributed by atoms with van der Waals surface area (Å²) >= 11 is 0. The van der Waals surface area contributed by atoms with E-state index in [1.165, 1.54) is 0 Å². The van der Waals surface area contributed by atoms with Gasteiger partial charge in [0.1, 0.15) is 6.23 Å². The monoisotopic (exact) mass is 117 g/mol. The molecule has 0 rings (SSSR count). The minimum absolute atomic E-state index is 0.204. The molecule has 0 aliphatic rings. The van der Waals surface area contributed by atoms with E-state index >= 15 is 0 Å². The molecule has 0 aliphatic carbocycles. The van der Waals surface area contributed by atoms with Crippen molar-refractivity contribution >= 4 is 0 Å². The summed E-state index contributed by atoms with van der Waals surface area (Å²) in [4.78, 5) is 0. The smallest absolute Gasteiger partial charge is 0.105 e. The van der Waals surface area contributed by atoms with Crippen LogP contribution in [0.1, 0.15) is 20.8 Å². The fourth-order valence-corrected chi connectivity index (χ4v) is 0.394. The summed E-state index contributed by atoms with van der Waals surface area (Å²) < 4.78 is 0. The molecule has 0 aromatic heterocycles. The van der Waals surface area contributed by atoms with Crippen LogP contribution in [0.3, 0.4) is 0 Å². The van der Waals surface area contributed by atoms with E-state index in [1.54, 1.807) is 0 Å². The first-order valence-corrected chi connectivity index (χ1v) is 2.99. The highest BCUT2D eigenvalue weighted by Crippen LogP contribution is 2.10. The quantitative estimate of drug-likeness (QED) is 0.519. The molecule has 0 spiro atoms.